The fourth-order valence-electron chi connectivity index (χ4n) is 2.65. The molecule has 0 aromatic rings. The van der Waals surface area contributed by atoms with E-state index >= 15 is 0 Å². The molecule has 6 heteroatoms. The Kier molecular flexibility index (Phi) is 6.45. The SMILES string of the molecule is CC(C)(C)OC(=O)N[C@@H](C(=O)O)[C@H](O)C1CCCCCC1. The normalized spacial score (nSPS) is 20.2. The predicted octanol–water partition coefficient (Wildman–Crippen LogP) is 2.30. The highest BCUT2D eigenvalue weighted by atomic mass is 16.6. The summed E-state index contributed by atoms with van der Waals surface area (Å²) in [6, 6.07) is -1.33. The van der Waals surface area contributed by atoms with Crippen molar-refractivity contribution in [1.29, 1.82) is 0 Å². The van der Waals surface area contributed by atoms with E-state index in [0.29, 0.717) is 0 Å². The van der Waals surface area contributed by atoms with Crippen LogP contribution in [0.15, 0.2) is 0 Å². The molecule has 3 N–H and O–H groups in total. The van der Waals surface area contributed by atoms with Crippen molar-refractivity contribution >= 4 is 12.1 Å². The molecule has 1 aliphatic carbocycles. The van der Waals surface area contributed by atoms with Crippen LogP contribution in [0.1, 0.15) is 59.3 Å². The summed E-state index contributed by atoms with van der Waals surface area (Å²) in [6.45, 7) is 5.10. The summed E-state index contributed by atoms with van der Waals surface area (Å²) in [7, 11) is 0. The van der Waals surface area contributed by atoms with Crippen LogP contribution >= 0.6 is 0 Å². The minimum atomic E-state index is -1.33. The van der Waals surface area contributed by atoms with Gasteiger partial charge in [-0.3, -0.25) is 0 Å². The number of aliphatic carboxylic acids is 1. The molecule has 1 rings (SSSR count). The van der Waals surface area contributed by atoms with E-state index in [0.717, 1.165) is 38.5 Å². The Balaban J connectivity index is 2.67. The fraction of sp³-hybridized carbons (Fsp3) is 0.867. The minimum absolute atomic E-state index is 0.0939. The van der Waals surface area contributed by atoms with Crippen molar-refractivity contribution in [3.63, 3.8) is 0 Å². The molecule has 0 aromatic heterocycles. The molecule has 21 heavy (non-hydrogen) atoms. The van der Waals surface area contributed by atoms with Gasteiger partial charge in [0.2, 0.25) is 0 Å². The molecule has 6 nitrogen and oxygen atoms in total. The summed E-state index contributed by atoms with van der Waals surface area (Å²) < 4.78 is 5.06. The zero-order valence-electron chi connectivity index (χ0n) is 13.1. The second-order valence-electron chi connectivity index (χ2n) is 6.70. The molecule has 0 unspecified atom stereocenters. The Morgan fingerprint density at radius 3 is 2.10 bits per heavy atom. The Bertz CT molecular complexity index is 356. The molecule has 0 heterocycles. The van der Waals surface area contributed by atoms with Crippen LogP contribution < -0.4 is 5.32 Å². The Morgan fingerprint density at radius 2 is 1.67 bits per heavy atom. The van der Waals surface area contributed by atoms with Crippen molar-refractivity contribution in [2.24, 2.45) is 5.92 Å². The second-order valence-corrected chi connectivity index (χ2v) is 6.70. The minimum Gasteiger partial charge on any atom is -0.480 e. The molecule has 0 aliphatic heterocycles. The molecular formula is C15H27NO5. The first kappa shape index (κ1) is 17.8. The van der Waals surface area contributed by atoms with E-state index in [2.05, 4.69) is 5.32 Å². The molecular weight excluding hydrogens is 274 g/mol. The Labute approximate surface area is 125 Å². The number of ether oxygens (including phenoxy) is 1. The highest BCUT2D eigenvalue weighted by Gasteiger charge is 2.35. The van der Waals surface area contributed by atoms with Gasteiger partial charge in [0.1, 0.15) is 5.60 Å². The van der Waals surface area contributed by atoms with Gasteiger partial charge in [-0.15, -0.1) is 0 Å². The number of carbonyl (C=O) groups excluding carboxylic acids is 1. The van der Waals surface area contributed by atoms with E-state index in [4.69, 9.17) is 4.74 Å². The van der Waals surface area contributed by atoms with Crippen LogP contribution in [0.25, 0.3) is 0 Å². The molecule has 0 aromatic carbocycles. The molecule has 1 amide bonds. The number of amides is 1. The molecule has 0 bridgehead atoms. The lowest BCUT2D eigenvalue weighted by Gasteiger charge is -2.28. The summed E-state index contributed by atoms with van der Waals surface area (Å²) in [5.41, 5.74) is -0.708. The third-order valence-corrected chi connectivity index (χ3v) is 3.66. The quantitative estimate of drug-likeness (QED) is 0.692. The number of rotatable bonds is 4. The van der Waals surface area contributed by atoms with Gasteiger partial charge in [0.15, 0.2) is 6.04 Å². The second kappa shape index (κ2) is 7.64. The van der Waals surface area contributed by atoms with Gasteiger partial charge in [0.05, 0.1) is 6.10 Å². The zero-order valence-corrected chi connectivity index (χ0v) is 13.1. The van der Waals surface area contributed by atoms with Gasteiger partial charge in [0.25, 0.3) is 0 Å². The number of alkyl carbamates (subject to hydrolysis) is 1. The molecule has 1 fully saturated rings. The van der Waals surface area contributed by atoms with E-state index in [1.54, 1.807) is 20.8 Å². The maximum Gasteiger partial charge on any atom is 0.408 e. The number of aliphatic hydroxyl groups excluding tert-OH is 1. The number of carboxylic acid groups (broad SMARTS) is 1. The molecule has 122 valence electrons. The lowest BCUT2D eigenvalue weighted by atomic mass is 9.89. The van der Waals surface area contributed by atoms with Crippen LogP contribution in [-0.4, -0.2) is 40.0 Å². The Morgan fingerprint density at radius 1 is 1.14 bits per heavy atom. The average Bonchev–Trinajstić information content (AvgIpc) is 2.61. The highest BCUT2D eigenvalue weighted by molar-refractivity contribution is 5.80. The topological polar surface area (TPSA) is 95.9 Å². The summed E-state index contributed by atoms with van der Waals surface area (Å²) in [4.78, 5) is 23.1. The number of hydrogen-bond donors (Lipinski definition) is 3. The van der Waals surface area contributed by atoms with Crippen molar-refractivity contribution in [2.45, 2.75) is 77.0 Å². The van der Waals surface area contributed by atoms with Gasteiger partial charge < -0.3 is 20.3 Å². The number of nitrogens with one attached hydrogen (secondary N) is 1. The van der Waals surface area contributed by atoms with Gasteiger partial charge in [-0.2, -0.15) is 0 Å². The summed E-state index contributed by atoms with van der Waals surface area (Å²) in [5, 5.41) is 21.9. The first-order valence-electron chi connectivity index (χ1n) is 7.61. The summed E-state index contributed by atoms with van der Waals surface area (Å²) in [6.07, 6.45) is 3.87. The van der Waals surface area contributed by atoms with E-state index < -0.39 is 29.8 Å². The summed E-state index contributed by atoms with van der Waals surface area (Å²) >= 11 is 0. The maximum absolute atomic E-state index is 11.7. The van der Waals surface area contributed by atoms with Gasteiger partial charge in [-0.1, -0.05) is 25.7 Å². The van der Waals surface area contributed by atoms with Gasteiger partial charge >= 0.3 is 12.1 Å². The molecule has 2 atom stereocenters. The van der Waals surface area contributed by atoms with Crippen molar-refractivity contribution in [2.75, 3.05) is 0 Å². The van der Waals surface area contributed by atoms with Crippen LogP contribution in [0.5, 0.6) is 0 Å². The maximum atomic E-state index is 11.7. The monoisotopic (exact) mass is 301 g/mol. The largest absolute Gasteiger partial charge is 0.480 e. The first-order valence-corrected chi connectivity index (χ1v) is 7.61. The van der Waals surface area contributed by atoms with Crippen molar-refractivity contribution < 1.29 is 24.5 Å². The van der Waals surface area contributed by atoms with E-state index in [-0.39, 0.29) is 5.92 Å². The summed E-state index contributed by atoms with van der Waals surface area (Å²) in [5.74, 6) is -1.33. The molecule has 0 saturated heterocycles. The van der Waals surface area contributed by atoms with Crippen LogP contribution in [-0.2, 0) is 9.53 Å². The predicted molar refractivity (Wildman–Crippen MR) is 78.0 cm³/mol. The number of hydrogen-bond acceptors (Lipinski definition) is 4. The van der Waals surface area contributed by atoms with E-state index in [9.17, 15) is 19.8 Å². The fourth-order valence-corrected chi connectivity index (χ4v) is 2.65. The number of carbonyl (C=O) groups is 2. The van der Waals surface area contributed by atoms with Gasteiger partial charge in [0, 0.05) is 0 Å². The third-order valence-electron chi connectivity index (χ3n) is 3.66. The lowest BCUT2D eigenvalue weighted by Crippen LogP contribution is -2.52. The van der Waals surface area contributed by atoms with Crippen LogP contribution in [0.2, 0.25) is 0 Å². The first-order chi connectivity index (χ1) is 9.70. The average molecular weight is 301 g/mol. The Hall–Kier alpha value is -1.30. The highest BCUT2D eigenvalue weighted by Crippen LogP contribution is 2.27. The zero-order chi connectivity index (χ0) is 16.0. The molecule has 1 aliphatic rings. The van der Waals surface area contributed by atoms with E-state index in [1.807, 2.05) is 0 Å². The third kappa shape index (κ3) is 6.33. The molecule has 0 spiro atoms. The number of carboxylic acids is 1. The van der Waals surface area contributed by atoms with Crippen molar-refractivity contribution in [3.05, 3.63) is 0 Å². The van der Waals surface area contributed by atoms with Gasteiger partial charge in [-0.25, -0.2) is 9.59 Å². The van der Waals surface area contributed by atoms with Crippen LogP contribution in [0, 0.1) is 5.92 Å². The number of aliphatic hydroxyl groups is 1. The van der Waals surface area contributed by atoms with E-state index in [1.165, 1.54) is 0 Å². The van der Waals surface area contributed by atoms with Crippen LogP contribution in [0.4, 0.5) is 4.79 Å². The molecule has 1 saturated carbocycles. The molecule has 0 radical (unpaired) electrons. The smallest absolute Gasteiger partial charge is 0.408 e. The van der Waals surface area contributed by atoms with Gasteiger partial charge in [-0.05, 0) is 39.5 Å². The lowest BCUT2D eigenvalue weighted by molar-refractivity contribution is -0.143. The van der Waals surface area contributed by atoms with Crippen molar-refractivity contribution in [1.82, 2.24) is 5.32 Å². The standard InChI is InChI=1S/C15H27NO5/c1-15(2,3)21-14(20)16-11(13(18)19)12(17)10-8-6-4-5-7-9-10/h10-12,17H,4-9H2,1-3H3,(H,16,20)(H,18,19)/t11-,12-/m1/s1. The van der Waals surface area contributed by atoms with Crippen LogP contribution in [0.3, 0.4) is 0 Å². The van der Waals surface area contributed by atoms with Crippen molar-refractivity contribution in [3.8, 4) is 0 Å².